The van der Waals surface area contributed by atoms with Crippen LogP contribution in [-0.2, 0) is 9.59 Å². The summed E-state index contributed by atoms with van der Waals surface area (Å²) in [6.07, 6.45) is 3.86. The van der Waals surface area contributed by atoms with Gasteiger partial charge in [0.2, 0.25) is 5.91 Å². The minimum atomic E-state index is -0.906. The highest BCUT2D eigenvalue weighted by Crippen LogP contribution is 2.33. The molecule has 1 spiro atoms. The minimum Gasteiger partial charge on any atom is -0.411 e. The van der Waals surface area contributed by atoms with Gasteiger partial charge in [-0.15, -0.1) is 10.2 Å². The van der Waals surface area contributed by atoms with Crippen LogP contribution < -0.4 is 10.7 Å². The first-order valence-electron chi connectivity index (χ1n) is 9.16. The Hall–Kier alpha value is -2.95. The van der Waals surface area contributed by atoms with Gasteiger partial charge in [0.05, 0.1) is 11.3 Å². The molecular formula is C18H18FN5O4S. The predicted octanol–water partition coefficient (Wildman–Crippen LogP) is 2.25. The first-order chi connectivity index (χ1) is 14.0. The molecule has 2 aromatic rings. The van der Waals surface area contributed by atoms with Crippen LogP contribution in [0.1, 0.15) is 32.1 Å². The number of amides is 4. The van der Waals surface area contributed by atoms with Crippen LogP contribution in [0.15, 0.2) is 33.9 Å². The van der Waals surface area contributed by atoms with Gasteiger partial charge < -0.3 is 9.73 Å². The smallest absolute Gasteiger partial charge is 0.344 e. The molecule has 11 heteroatoms. The predicted molar refractivity (Wildman–Crippen MR) is 99.8 cm³/mol. The largest absolute Gasteiger partial charge is 0.411 e. The zero-order chi connectivity index (χ0) is 20.4. The zero-order valence-corrected chi connectivity index (χ0v) is 16.1. The lowest BCUT2D eigenvalue weighted by atomic mass is 9.82. The Morgan fingerprint density at radius 3 is 2.76 bits per heavy atom. The molecule has 2 fully saturated rings. The van der Waals surface area contributed by atoms with Gasteiger partial charge in [-0.3, -0.25) is 15.0 Å². The molecule has 29 heavy (non-hydrogen) atoms. The van der Waals surface area contributed by atoms with E-state index in [9.17, 15) is 18.8 Å². The van der Waals surface area contributed by atoms with Crippen molar-refractivity contribution in [1.29, 1.82) is 0 Å². The lowest BCUT2D eigenvalue weighted by Crippen LogP contribution is -2.51. The van der Waals surface area contributed by atoms with Crippen molar-refractivity contribution in [2.75, 3.05) is 5.75 Å². The van der Waals surface area contributed by atoms with Gasteiger partial charge in [-0.25, -0.2) is 9.18 Å². The van der Waals surface area contributed by atoms with Gasteiger partial charge in [-0.05, 0) is 25.0 Å². The molecule has 1 saturated carbocycles. The molecule has 1 saturated heterocycles. The van der Waals surface area contributed by atoms with Crippen molar-refractivity contribution in [3.8, 4) is 11.5 Å². The van der Waals surface area contributed by atoms with Crippen LogP contribution in [0.25, 0.3) is 11.5 Å². The number of urea groups is 1. The van der Waals surface area contributed by atoms with Crippen LogP contribution >= 0.6 is 11.8 Å². The Balaban J connectivity index is 1.34. The number of halogens is 1. The fourth-order valence-electron chi connectivity index (χ4n) is 3.51. The molecule has 4 amide bonds. The average Bonchev–Trinajstić information content (AvgIpc) is 3.27. The highest BCUT2D eigenvalue weighted by atomic mass is 32.2. The molecule has 0 unspecified atom stereocenters. The Morgan fingerprint density at radius 2 is 2.00 bits per heavy atom. The Bertz CT molecular complexity index is 959. The second-order valence-corrected chi connectivity index (χ2v) is 7.82. The average molecular weight is 419 g/mol. The Labute approximate surface area is 169 Å². The third kappa shape index (κ3) is 3.82. The normalized spacial score (nSPS) is 18.2. The standard InChI is InChI=1S/C18H18FN5O4S/c19-12-7-3-2-6-11(12)14-21-22-17(28-14)29-10-13(25)23-24-15(26)18(20-16(24)27)8-4-1-5-9-18/h2-3,6-7H,1,4-5,8-10H2,(H,20,27)(H,23,25). The van der Waals surface area contributed by atoms with Crippen molar-refractivity contribution >= 4 is 29.6 Å². The summed E-state index contributed by atoms with van der Waals surface area (Å²) in [7, 11) is 0. The third-order valence-corrected chi connectivity index (χ3v) is 5.76. The number of carbonyl (C=O) groups is 3. The number of imide groups is 1. The SMILES string of the molecule is O=C(CSc1nnc(-c2ccccc2F)o1)NN1C(=O)NC2(CCCCC2)C1=O. The van der Waals surface area contributed by atoms with Crippen LogP contribution in [0.2, 0.25) is 0 Å². The van der Waals surface area contributed by atoms with Crippen molar-refractivity contribution in [2.45, 2.75) is 42.9 Å². The van der Waals surface area contributed by atoms with Crippen LogP contribution in [0.4, 0.5) is 9.18 Å². The number of hydrogen-bond acceptors (Lipinski definition) is 7. The second-order valence-electron chi connectivity index (χ2n) is 6.89. The first kappa shape index (κ1) is 19.4. The number of aromatic nitrogens is 2. The lowest BCUT2D eigenvalue weighted by Gasteiger charge is -2.30. The Kier molecular flexibility index (Phi) is 5.22. The summed E-state index contributed by atoms with van der Waals surface area (Å²) in [5.41, 5.74) is 1.58. The molecule has 1 aliphatic carbocycles. The second kappa shape index (κ2) is 7.82. The van der Waals surface area contributed by atoms with E-state index < -0.39 is 29.2 Å². The topological polar surface area (TPSA) is 117 Å². The summed E-state index contributed by atoms with van der Waals surface area (Å²) in [5.74, 6) is -1.67. The maximum Gasteiger partial charge on any atom is 0.344 e. The zero-order valence-electron chi connectivity index (χ0n) is 15.3. The maximum absolute atomic E-state index is 13.8. The van der Waals surface area contributed by atoms with E-state index in [2.05, 4.69) is 20.9 Å². The molecule has 1 aliphatic heterocycles. The van der Waals surface area contributed by atoms with E-state index in [1.54, 1.807) is 12.1 Å². The summed E-state index contributed by atoms with van der Waals surface area (Å²) in [4.78, 5) is 37.0. The van der Waals surface area contributed by atoms with Crippen molar-refractivity contribution in [3.63, 3.8) is 0 Å². The van der Waals surface area contributed by atoms with Gasteiger partial charge in [0, 0.05) is 0 Å². The monoisotopic (exact) mass is 419 g/mol. The van der Waals surface area contributed by atoms with Gasteiger partial charge in [0.1, 0.15) is 11.4 Å². The summed E-state index contributed by atoms with van der Waals surface area (Å²) in [6.45, 7) is 0. The number of hydrogen-bond donors (Lipinski definition) is 2. The number of rotatable bonds is 5. The first-order valence-corrected chi connectivity index (χ1v) is 10.1. The van der Waals surface area contributed by atoms with Crippen LogP contribution in [0.5, 0.6) is 0 Å². The van der Waals surface area contributed by atoms with Gasteiger partial charge in [-0.2, -0.15) is 5.01 Å². The number of hydrazine groups is 1. The highest BCUT2D eigenvalue weighted by Gasteiger charge is 2.52. The molecule has 2 heterocycles. The molecule has 1 aromatic heterocycles. The number of thioether (sulfide) groups is 1. The fourth-order valence-corrected chi connectivity index (χ4v) is 4.07. The van der Waals surface area contributed by atoms with E-state index in [1.807, 2.05) is 0 Å². The van der Waals surface area contributed by atoms with Crippen LogP contribution in [0.3, 0.4) is 0 Å². The van der Waals surface area contributed by atoms with Crippen molar-refractivity contribution in [3.05, 3.63) is 30.1 Å². The molecule has 0 radical (unpaired) electrons. The number of benzene rings is 1. The van der Waals surface area contributed by atoms with Gasteiger partial charge in [0.25, 0.3) is 17.0 Å². The van der Waals surface area contributed by atoms with Gasteiger partial charge >= 0.3 is 6.03 Å². The summed E-state index contributed by atoms with van der Waals surface area (Å²) >= 11 is 0.918. The van der Waals surface area contributed by atoms with E-state index in [4.69, 9.17) is 4.42 Å². The number of carbonyl (C=O) groups excluding carboxylic acids is 3. The molecule has 4 rings (SSSR count). The molecule has 1 aromatic carbocycles. The van der Waals surface area contributed by atoms with E-state index in [0.717, 1.165) is 36.0 Å². The summed E-state index contributed by atoms with van der Waals surface area (Å²) in [5, 5.41) is 11.1. The van der Waals surface area contributed by atoms with Gasteiger partial charge in [0.15, 0.2) is 0 Å². The van der Waals surface area contributed by atoms with Crippen LogP contribution in [0, 0.1) is 5.82 Å². The Morgan fingerprint density at radius 1 is 1.24 bits per heavy atom. The summed E-state index contributed by atoms with van der Waals surface area (Å²) < 4.78 is 19.1. The number of nitrogens with zero attached hydrogens (tertiary/aromatic N) is 3. The molecule has 9 nitrogen and oxygen atoms in total. The molecule has 2 aliphatic rings. The van der Waals surface area contributed by atoms with E-state index in [-0.39, 0.29) is 22.4 Å². The molecule has 152 valence electrons. The third-order valence-electron chi connectivity index (χ3n) is 4.94. The lowest BCUT2D eigenvalue weighted by molar-refractivity contribution is -0.139. The molecule has 0 bridgehead atoms. The van der Waals surface area contributed by atoms with Crippen LogP contribution in [-0.4, -0.2) is 44.3 Å². The fraction of sp³-hybridized carbons (Fsp3) is 0.389. The maximum atomic E-state index is 13.8. The van der Waals surface area contributed by atoms with Crippen molar-refractivity contribution < 1.29 is 23.2 Å². The van der Waals surface area contributed by atoms with E-state index in [1.165, 1.54) is 12.1 Å². The molecule has 2 N–H and O–H groups in total. The van der Waals surface area contributed by atoms with Crippen molar-refractivity contribution in [1.82, 2.24) is 25.9 Å². The quantitative estimate of drug-likeness (QED) is 0.564. The molecule has 0 atom stereocenters. The van der Waals surface area contributed by atoms with Crippen molar-refractivity contribution in [2.24, 2.45) is 0 Å². The summed E-state index contributed by atoms with van der Waals surface area (Å²) in [6, 6.07) is 5.33. The van der Waals surface area contributed by atoms with E-state index in [0.29, 0.717) is 12.8 Å². The highest BCUT2D eigenvalue weighted by molar-refractivity contribution is 7.99. The number of nitrogens with one attached hydrogen (secondary N) is 2. The van der Waals surface area contributed by atoms with E-state index >= 15 is 0 Å². The molecular weight excluding hydrogens is 401 g/mol. The van der Waals surface area contributed by atoms with Gasteiger partial charge in [-0.1, -0.05) is 43.2 Å². The minimum absolute atomic E-state index is 0.000605.